The average molecular weight is 375 g/mol. The van der Waals surface area contributed by atoms with Crippen molar-refractivity contribution < 1.29 is 19.1 Å². The van der Waals surface area contributed by atoms with E-state index < -0.39 is 0 Å². The Morgan fingerprint density at radius 3 is 2.38 bits per heavy atom. The molecule has 0 radical (unpaired) electrons. The molecule has 1 aromatic rings. The third kappa shape index (κ3) is 4.85. The number of carbonyl (C=O) groups excluding carboxylic acids is 3. The summed E-state index contributed by atoms with van der Waals surface area (Å²) in [4.78, 5) is 37.5. The van der Waals surface area contributed by atoms with E-state index in [0.717, 1.165) is 37.4 Å². The second-order valence-electron chi connectivity index (χ2n) is 6.55. The number of hydrogen-bond donors (Lipinski definition) is 0. The molecule has 1 aromatic carbocycles. The largest absolute Gasteiger partial charge is 0.465 e. The van der Waals surface area contributed by atoms with Crippen molar-refractivity contribution in [2.24, 2.45) is 5.92 Å². The zero-order valence-corrected chi connectivity index (χ0v) is 16.5. The molecular formula is C21H26O4S. The first-order chi connectivity index (χ1) is 12.5. The number of ketones is 2. The van der Waals surface area contributed by atoms with Gasteiger partial charge in [-0.1, -0.05) is 57.4 Å². The van der Waals surface area contributed by atoms with Crippen molar-refractivity contribution in [2.45, 2.75) is 46.5 Å². The number of rotatable bonds is 9. The van der Waals surface area contributed by atoms with Gasteiger partial charge in [-0.15, -0.1) is 11.8 Å². The number of hydrogen-bond acceptors (Lipinski definition) is 5. The van der Waals surface area contributed by atoms with Crippen molar-refractivity contribution in [3.05, 3.63) is 45.9 Å². The quantitative estimate of drug-likeness (QED) is 0.579. The van der Waals surface area contributed by atoms with Crippen LogP contribution in [-0.4, -0.2) is 29.9 Å². The van der Waals surface area contributed by atoms with Crippen LogP contribution in [0.4, 0.5) is 0 Å². The second kappa shape index (κ2) is 9.72. The predicted molar refractivity (Wildman–Crippen MR) is 105 cm³/mol. The monoisotopic (exact) mass is 374 g/mol. The van der Waals surface area contributed by atoms with E-state index in [2.05, 4.69) is 13.8 Å². The first-order valence-corrected chi connectivity index (χ1v) is 10.2. The smallest absolute Gasteiger partial charge is 0.316 e. The van der Waals surface area contributed by atoms with Gasteiger partial charge in [-0.2, -0.15) is 0 Å². The van der Waals surface area contributed by atoms with E-state index in [-0.39, 0.29) is 23.3 Å². The molecule has 0 N–H and O–H groups in total. The van der Waals surface area contributed by atoms with Crippen molar-refractivity contribution in [1.82, 2.24) is 0 Å². The molecule has 1 atom stereocenters. The third-order valence-electron chi connectivity index (χ3n) is 4.66. The Morgan fingerprint density at radius 1 is 1.12 bits per heavy atom. The molecule has 26 heavy (non-hydrogen) atoms. The molecule has 0 amide bonds. The van der Waals surface area contributed by atoms with E-state index in [4.69, 9.17) is 4.74 Å². The molecule has 0 fully saturated rings. The van der Waals surface area contributed by atoms with Crippen LogP contribution in [0.5, 0.6) is 0 Å². The Kier molecular flexibility index (Phi) is 7.64. The Morgan fingerprint density at radius 2 is 1.77 bits per heavy atom. The number of thioether (sulfide) groups is 1. The summed E-state index contributed by atoms with van der Waals surface area (Å²) in [5.41, 5.74) is 1.24. The van der Waals surface area contributed by atoms with Crippen LogP contribution < -0.4 is 0 Å². The molecule has 5 heteroatoms. The highest BCUT2D eigenvalue weighted by Crippen LogP contribution is 2.32. The minimum atomic E-state index is -0.343. The molecule has 0 heterocycles. The Balaban J connectivity index is 1.94. The minimum absolute atomic E-state index is 0.0398. The van der Waals surface area contributed by atoms with Crippen molar-refractivity contribution in [3.63, 3.8) is 0 Å². The van der Waals surface area contributed by atoms with Gasteiger partial charge in [-0.05, 0) is 19.3 Å². The number of unbranched alkanes of at least 4 members (excludes halogenated alkanes) is 1. The summed E-state index contributed by atoms with van der Waals surface area (Å²) in [7, 11) is 0. The van der Waals surface area contributed by atoms with E-state index in [1.807, 2.05) is 0 Å². The Labute approximate surface area is 159 Å². The number of benzene rings is 1. The Bertz CT molecular complexity index is 720. The SMILES string of the molecule is CCCCC(CC)COC(=O)CSC1=C(C)C(=O)c2ccccc2C1=O. The molecule has 0 spiro atoms. The summed E-state index contributed by atoms with van der Waals surface area (Å²) in [5, 5.41) is 0. The maximum absolute atomic E-state index is 12.6. The summed E-state index contributed by atoms with van der Waals surface area (Å²) in [6, 6.07) is 6.80. The molecule has 2 rings (SSSR count). The van der Waals surface area contributed by atoms with Crippen molar-refractivity contribution in [3.8, 4) is 0 Å². The predicted octanol–water partition coefficient (Wildman–Crippen LogP) is 4.83. The molecule has 0 aromatic heterocycles. The molecule has 0 aliphatic heterocycles. The van der Waals surface area contributed by atoms with E-state index in [1.54, 1.807) is 31.2 Å². The average Bonchev–Trinajstić information content (AvgIpc) is 2.66. The molecule has 1 aliphatic rings. The molecule has 0 saturated heterocycles. The number of fused-ring (bicyclic) bond motifs is 1. The van der Waals surface area contributed by atoms with Crippen LogP contribution in [0.3, 0.4) is 0 Å². The van der Waals surface area contributed by atoms with Gasteiger partial charge in [0.05, 0.1) is 17.3 Å². The fourth-order valence-corrected chi connectivity index (χ4v) is 3.83. The lowest BCUT2D eigenvalue weighted by molar-refractivity contribution is -0.141. The lowest BCUT2D eigenvalue weighted by Gasteiger charge is -2.18. The van der Waals surface area contributed by atoms with Crippen LogP contribution in [0.2, 0.25) is 0 Å². The van der Waals surface area contributed by atoms with Crippen molar-refractivity contribution in [2.75, 3.05) is 12.4 Å². The van der Waals surface area contributed by atoms with E-state index in [9.17, 15) is 14.4 Å². The first-order valence-electron chi connectivity index (χ1n) is 9.17. The first kappa shape index (κ1) is 20.4. The summed E-state index contributed by atoms with van der Waals surface area (Å²) < 4.78 is 5.37. The zero-order valence-electron chi connectivity index (χ0n) is 15.7. The summed E-state index contributed by atoms with van der Waals surface area (Å²) in [5.74, 6) is -0.261. The van der Waals surface area contributed by atoms with Crippen LogP contribution in [0.15, 0.2) is 34.7 Å². The van der Waals surface area contributed by atoms with Gasteiger partial charge in [-0.3, -0.25) is 14.4 Å². The number of ether oxygens (including phenoxy) is 1. The maximum Gasteiger partial charge on any atom is 0.316 e. The molecule has 140 valence electrons. The zero-order chi connectivity index (χ0) is 19.1. The van der Waals surface area contributed by atoms with Crippen molar-refractivity contribution >= 4 is 29.3 Å². The topological polar surface area (TPSA) is 60.4 Å². The van der Waals surface area contributed by atoms with Gasteiger partial charge in [0.25, 0.3) is 0 Å². The fourth-order valence-electron chi connectivity index (χ4n) is 2.93. The van der Waals surface area contributed by atoms with Gasteiger partial charge in [0.2, 0.25) is 5.78 Å². The molecule has 0 saturated carbocycles. The Hall–Kier alpha value is -1.88. The molecule has 4 nitrogen and oxygen atoms in total. The van der Waals surface area contributed by atoms with E-state index in [1.165, 1.54) is 0 Å². The van der Waals surface area contributed by atoms with Crippen LogP contribution in [0.1, 0.15) is 67.2 Å². The number of carbonyl (C=O) groups is 3. The highest BCUT2D eigenvalue weighted by Gasteiger charge is 2.30. The van der Waals surface area contributed by atoms with Crippen LogP contribution in [0, 0.1) is 5.92 Å². The number of Topliss-reactive ketones (excluding diaryl/α,β-unsaturated/α-hetero) is 2. The minimum Gasteiger partial charge on any atom is -0.465 e. The third-order valence-corrected chi connectivity index (χ3v) is 5.82. The number of allylic oxidation sites excluding steroid dienone is 2. The standard InChI is InChI=1S/C21H26O4S/c1-4-6-9-15(5-2)12-25-18(22)13-26-21-14(3)19(23)16-10-7-8-11-17(16)20(21)24/h7-8,10-11,15H,4-6,9,12-13H2,1-3H3. The van der Waals surface area contributed by atoms with Gasteiger partial charge in [0.1, 0.15) is 0 Å². The van der Waals surface area contributed by atoms with E-state index >= 15 is 0 Å². The second-order valence-corrected chi connectivity index (χ2v) is 7.53. The highest BCUT2D eigenvalue weighted by molar-refractivity contribution is 8.04. The van der Waals surface area contributed by atoms with Crippen LogP contribution >= 0.6 is 11.8 Å². The lowest BCUT2D eigenvalue weighted by atomic mass is 9.90. The molecule has 1 unspecified atom stereocenters. The number of esters is 1. The maximum atomic E-state index is 12.6. The fraction of sp³-hybridized carbons (Fsp3) is 0.476. The van der Waals surface area contributed by atoms with Crippen LogP contribution in [-0.2, 0) is 9.53 Å². The van der Waals surface area contributed by atoms with Crippen molar-refractivity contribution in [1.29, 1.82) is 0 Å². The lowest BCUT2D eigenvalue weighted by Crippen LogP contribution is -2.21. The van der Waals surface area contributed by atoms with Gasteiger partial charge < -0.3 is 4.74 Å². The summed E-state index contributed by atoms with van der Waals surface area (Å²) >= 11 is 1.10. The van der Waals surface area contributed by atoms with Gasteiger partial charge in [-0.25, -0.2) is 0 Å². The van der Waals surface area contributed by atoms with Gasteiger partial charge in [0, 0.05) is 16.7 Å². The molecule has 0 bridgehead atoms. The summed E-state index contributed by atoms with van der Waals surface area (Å²) in [6.07, 6.45) is 4.30. The van der Waals surface area contributed by atoms with Gasteiger partial charge >= 0.3 is 5.97 Å². The van der Waals surface area contributed by atoms with E-state index in [0.29, 0.717) is 34.1 Å². The molecular weight excluding hydrogens is 348 g/mol. The summed E-state index contributed by atoms with van der Waals surface area (Å²) in [6.45, 7) is 6.30. The van der Waals surface area contributed by atoms with Crippen LogP contribution in [0.25, 0.3) is 0 Å². The highest BCUT2D eigenvalue weighted by atomic mass is 32.2. The molecule has 1 aliphatic carbocycles. The normalized spacial score (nSPS) is 15.0. The van der Waals surface area contributed by atoms with Gasteiger partial charge in [0.15, 0.2) is 5.78 Å².